The van der Waals surface area contributed by atoms with Crippen LogP contribution in [0.4, 0.5) is 0 Å². The van der Waals surface area contributed by atoms with Crippen molar-refractivity contribution in [3.8, 4) is 0 Å². The summed E-state index contributed by atoms with van der Waals surface area (Å²) >= 11 is 0. The second-order valence-electron chi connectivity index (χ2n) is 5.92. The molecule has 1 N–H and O–H groups in total. The molecule has 1 aliphatic carbocycles. The van der Waals surface area contributed by atoms with E-state index in [9.17, 15) is 0 Å². The van der Waals surface area contributed by atoms with Gasteiger partial charge in [-0.3, -0.25) is 0 Å². The Kier molecular flexibility index (Phi) is 3.01. The average molecular weight is 273 g/mol. The van der Waals surface area contributed by atoms with Crippen LogP contribution in [-0.2, 0) is 6.42 Å². The smallest absolute Gasteiger partial charge is 0.0372 e. The van der Waals surface area contributed by atoms with Crippen LogP contribution in [0, 0.1) is 0 Å². The maximum absolute atomic E-state index is 3.80. The third-order valence-electron chi connectivity index (χ3n) is 4.57. The lowest BCUT2D eigenvalue weighted by Gasteiger charge is -2.21. The molecule has 1 nitrogen and oxygen atoms in total. The number of benzene rings is 3. The minimum atomic E-state index is 0.362. The highest BCUT2D eigenvalue weighted by atomic mass is 14.9. The van der Waals surface area contributed by atoms with Gasteiger partial charge in [-0.1, -0.05) is 66.7 Å². The first kappa shape index (κ1) is 12.6. The minimum Gasteiger partial charge on any atom is -0.303 e. The number of nitrogens with one attached hydrogen (secondary N) is 1. The van der Waals surface area contributed by atoms with E-state index < -0.39 is 0 Å². The molecule has 2 atom stereocenters. The predicted molar refractivity (Wildman–Crippen MR) is 88.4 cm³/mol. The molecule has 0 bridgehead atoms. The van der Waals surface area contributed by atoms with E-state index in [0.717, 1.165) is 6.42 Å². The lowest BCUT2D eigenvalue weighted by atomic mass is 10.0. The molecule has 0 aromatic heterocycles. The zero-order valence-electron chi connectivity index (χ0n) is 12.2. The van der Waals surface area contributed by atoms with Crippen LogP contribution in [0.15, 0.2) is 66.7 Å². The van der Waals surface area contributed by atoms with Crippen LogP contribution >= 0.6 is 0 Å². The third-order valence-corrected chi connectivity index (χ3v) is 4.57. The highest BCUT2D eigenvalue weighted by Gasteiger charge is 2.25. The lowest BCUT2D eigenvalue weighted by molar-refractivity contribution is 0.475. The van der Waals surface area contributed by atoms with Gasteiger partial charge in [0.15, 0.2) is 0 Å². The van der Waals surface area contributed by atoms with Crippen molar-refractivity contribution in [1.82, 2.24) is 5.32 Å². The molecule has 0 amide bonds. The van der Waals surface area contributed by atoms with Crippen molar-refractivity contribution in [2.75, 3.05) is 0 Å². The highest BCUT2D eigenvalue weighted by molar-refractivity contribution is 5.91. The van der Waals surface area contributed by atoms with E-state index in [2.05, 4.69) is 79.0 Å². The molecule has 1 aliphatic rings. The van der Waals surface area contributed by atoms with E-state index in [0.29, 0.717) is 12.1 Å². The zero-order valence-corrected chi connectivity index (χ0v) is 12.2. The molecule has 0 saturated heterocycles. The van der Waals surface area contributed by atoms with E-state index in [1.807, 2.05) is 0 Å². The Morgan fingerprint density at radius 2 is 1.67 bits per heavy atom. The largest absolute Gasteiger partial charge is 0.303 e. The standard InChI is InChI=1S/C20H19N/c1-14(15-7-3-2-4-8-15)21-19-13-17-11-5-9-16-10-6-12-18(19)20(16)17/h2-12,14,19,21H,13H2,1H3. The summed E-state index contributed by atoms with van der Waals surface area (Å²) < 4.78 is 0. The van der Waals surface area contributed by atoms with Gasteiger partial charge in [0.05, 0.1) is 0 Å². The van der Waals surface area contributed by atoms with E-state index in [1.165, 1.54) is 27.5 Å². The maximum atomic E-state index is 3.80. The molecule has 4 rings (SSSR count). The molecule has 3 aromatic rings. The summed E-state index contributed by atoms with van der Waals surface area (Å²) in [6, 6.07) is 24.8. The molecule has 0 saturated carbocycles. The fraction of sp³-hybridized carbons (Fsp3) is 0.200. The molecule has 104 valence electrons. The molecular formula is C20H19N. The summed E-state index contributed by atoms with van der Waals surface area (Å²) in [6.45, 7) is 2.25. The van der Waals surface area contributed by atoms with Crippen molar-refractivity contribution in [2.24, 2.45) is 0 Å². The fourth-order valence-electron chi connectivity index (χ4n) is 3.53. The van der Waals surface area contributed by atoms with Crippen molar-refractivity contribution in [3.05, 3.63) is 83.4 Å². The van der Waals surface area contributed by atoms with Gasteiger partial charge in [-0.05, 0) is 40.8 Å². The van der Waals surface area contributed by atoms with Gasteiger partial charge in [-0.25, -0.2) is 0 Å². The predicted octanol–water partition coefficient (Wildman–Crippen LogP) is 4.79. The van der Waals surface area contributed by atoms with Gasteiger partial charge in [-0.15, -0.1) is 0 Å². The van der Waals surface area contributed by atoms with E-state index in [4.69, 9.17) is 0 Å². The molecule has 0 heterocycles. The van der Waals surface area contributed by atoms with Gasteiger partial charge in [0, 0.05) is 12.1 Å². The number of rotatable bonds is 3. The fourth-order valence-corrected chi connectivity index (χ4v) is 3.53. The Balaban J connectivity index is 1.66. The summed E-state index contributed by atoms with van der Waals surface area (Å²) in [5.41, 5.74) is 4.27. The van der Waals surface area contributed by atoms with Crippen LogP contribution in [0.3, 0.4) is 0 Å². The molecule has 0 radical (unpaired) electrons. The Bertz CT molecular complexity index is 771. The third kappa shape index (κ3) is 2.14. The van der Waals surface area contributed by atoms with Gasteiger partial charge in [0.1, 0.15) is 0 Å². The van der Waals surface area contributed by atoms with Gasteiger partial charge >= 0.3 is 0 Å². The van der Waals surface area contributed by atoms with E-state index >= 15 is 0 Å². The molecule has 2 unspecified atom stereocenters. The van der Waals surface area contributed by atoms with Gasteiger partial charge in [0.2, 0.25) is 0 Å². The summed E-state index contributed by atoms with van der Waals surface area (Å²) in [5, 5.41) is 6.62. The minimum absolute atomic E-state index is 0.362. The van der Waals surface area contributed by atoms with Crippen molar-refractivity contribution in [1.29, 1.82) is 0 Å². The van der Waals surface area contributed by atoms with Crippen molar-refractivity contribution < 1.29 is 0 Å². The second kappa shape index (κ2) is 5.01. The second-order valence-corrected chi connectivity index (χ2v) is 5.92. The average Bonchev–Trinajstić information content (AvgIpc) is 2.89. The van der Waals surface area contributed by atoms with E-state index in [1.54, 1.807) is 0 Å². The highest BCUT2D eigenvalue weighted by Crippen LogP contribution is 2.37. The summed E-state index contributed by atoms with van der Waals surface area (Å²) in [5.74, 6) is 0. The Labute approximate surface area is 125 Å². The van der Waals surface area contributed by atoms with Crippen LogP contribution in [-0.4, -0.2) is 0 Å². The summed E-state index contributed by atoms with van der Waals surface area (Å²) in [6.07, 6.45) is 1.09. The van der Waals surface area contributed by atoms with Gasteiger partial charge in [-0.2, -0.15) is 0 Å². The van der Waals surface area contributed by atoms with Crippen LogP contribution in [0.2, 0.25) is 0 Å². The van der Waals surface area contributed by atoms with Crippen molar-refractivity contribution >= 4 is 10.8 Å². The van der Waals surface area contributed by atoms with Crippen LogP contribution in [0.25, 0.3) is 10.8 Å². The quantitative estimate of drug-likeness (QED) is 0.723. The summed E-state index contributed by atoms with van der Waals surface area (Å²) in [7, 11) is 0. The first-order chi connectivity index (χ1) is 10.3. The van der Waals surface area contributed by atoms with Gasteiger partial charge < -0.3 is 5.32 Å². The number of hydrogen-bond donors (Lipinski definition) is 1. The zero-order chi connectivity index (χ0) is 14.2. The maximum Gasteiger partial charge on any atom is 0.0372 e. The Morgan fingerprint density at radius 3 is 2.48 bits per heavy atom. The number of hydrogen-bond acceptors (Lipinski definition) is 1. The van der Waals surface area contributed by atoms with Crippen LogP contribution < -0.4 is 5.32 Å². The molecular weight excluding hydrogens is 254 g/mol. The lowest BCUT2D eigenvalue weighted by Crippen LogP contribution is -2.24. The van der Waals surface area contributed by atoms with Crippen LogP contribution in [0.1, 0.15) is 35.7 Å². The Hall–Kier alpha value is -2.12. The first-order valence-corrected chi connectivity index (χ1v) is 7.64. The van der Waals surface area contributed by atoms with Crippen molar-refractivity contribution in [3.63, 3.8) is 0 Å². The topological polar surface area (TPSA) is 12.0 Å². The Morgan fingerprint density at radius 1 is 0.905 bits per heavy atom. The van der Waals surface area contributed by atoms with Gasteiger partial charge in [0.25, 0.3) is 0 Å². The van der Waals surface area contributed by atoms with Crippen molar-refractivity contribution in [2.45, 2.75) is 25.4 Å². The first-order valence-electron chi connectivity index (χ1n) is 7.64. The molecule has 3 aromatic carbocycles. The molecule has 0 aliphatic heterocycles. The molecule has 21 heavy (non-hydrogen) atoms. The van der Waals surface area contributed by atoms with Crippen LogP contribution in [0.5, 0.6) is 0 Å². The monoisotopic (exact) mass is 273 g/mol. The SMILES string of the molecule is CC(NC1Cc2cccc3cccc1c23)c1ccccc1. The molecule has 0 spiro atoms. The molecule has 0 fully saturated rings. The normalized spacial score (nSPS) is 18.0. The van der Waals surface area contributed by atoms with E-state index in [-0.39, 0.29) is 0 Å². The summed E-state index contributed by atoms with van der Waals surface area (Å²) in [4.78, 5) is 0. The molecule has 1 heteroatoms.